The molecule has 0 unspecified atom stereocenters. The molecule has 0 aromatic heterocycles. The number of rotatable bonds is 9. The summed E-state index contributed by atoms with van der Waals surface area (Å²) in [6, 6.07) is 28.4. The van der Waals surface area contributed by atoms with Gasteiger partial charge < -0.3 is 20.1 Å². The zero-order chi connectivity index (χ0) is 28.9. The summed E-state index contributed by atoms with van der Waals surface area (Å²) in [5.74, 6) is -0.211. The van der Waals surface area contributed by atoms with Gasteiger partial charge in [-0.1, -0.05) is 47.7 Å². The second-order valence-corrected chi connectivity index (χ2v) is 10.2. The smallest absolute Gasteiger partial charge is 0.283 e. The Balaban J connectivity index is 1.38. The van der Waals surface area contributed by atoms with Gasteiger partial charge in [-0.2, -0.15) is 0 Å². The summed E-state index contributed by atoms with van der Waals surface area (Å²) in [6.07, 6.45) is 0. The van der Waals surface area contributed by atoms with Crippen molar-refractivity contribution in [1.29, 1.82) is 0 Å². The van der Waals surface area contributed by atoms with E-state index in [1.807, 2.05) is 37.3 Å². The molecule has 0 saturated heterocycles. The predicted molar refractivity (Wildman–Crippen MR) is 161 cm³/mol. The van der Waals surface area contributed by atoms with E-state index in [2.05, 4.69) is 10.6 Å². The second-order valence-electron chi connectivity index (χ2n) is 9.12. The van der Waals surface area contributed by atoms with Crippen LogP contribution in [-0.2, 0) is 9.59 Å². The summed E-state index contributed by atoms with van der Waals surface area (Å²) in [6.45, 7) is 1.98. The van der Waals surface area contributed by atoms with Crippen LogP contribution < -0.4 is 25.0 Å². The predicted octanol–water partition coefficient (Wildman–Crippen LogP) is 6.25. The average Bonchev–Trinajstić information content (AvgIpc) is 3.22. The third-order valence-electron chi connectivity index (χ3n) is 6.36. The molecule has 3 amide bonds. The van der Waals surface area contributed by atoms with E-state index in [4.69, 9.17) is 9.47 Å². The number of hydrogen-bond donors (Lipinski definition) is 2. The fourth-order valence-corrected chi connectivity index (χ4v) is 5.14. The highest BCUT2D eigenvalue weighted by Crippen LogP contribution is 2.38. The van der Waals surface area contributed by atoms with Crippen molar-refractivity contribution in [1.82, 2.24) is 0 Å². The average molecular weight is 566 g/mol. The van der Waals surface area contributed by atoms with Crippen molar-refractivity contribution < 1.29 is 23.9 Å². The third-order valence-corrected chi connectivity index (χ3v) is 7.45. The number of carbonyl (C=O) groups excluding carboxylic acids is 3. The highest BCUT2D eigenvalue weighted by molar-refractivity contribution is 8.04. The standard InChI is InChI=1S/C32H27N3O5S/c1-20-9-11-21(12-10-20)33-28-29(32(38)35(31(28)37)23-7-5-4-6-8-23)41-25-16-13-22(14-17-25)34-30(36)26-18-15-24(39-2)19-27(26)40-3/h4-19,33H,1-3H3,(H,34,36). The number of amides is 3. The first kappa shape index (κ1) is 27.5. The molecule has 0 radical (unpaired) electrons. The maximum atomic E-state index is 13.6. The van der Waals surface area contributed by atoms with Gasteiger partial charge in [0.1, 0.15) is 22.1 Å². The summed E-state index contributed by atoms with van der Waals surface area (Å²) < 4.78 is 10.5. The van der Waals surface area contributed by atoms with Gasteiger partial charge in [-0.15, -0.1) is 0 Å². The van der Waals surface area contributed by atoms with Crippen molar-refractivity contribution in [3.05, 3.63) is 119 Å². The molecule has 0 spiro atoms. The fourth-order valence-electron chi connectivity index (χ4n) is 4.22. The van der Waals surface area contributed by atoms with Crippen molar-refractivity contribution in [2.45, 2.75) is 11.8 Å². The first-order valence-corrected chi connectivity index (χ1v) is 13.5. The number of imide groups is 1. The van der Waals surface area contributed by atoms with E-state index in [9.17, 15) is 14.4 Å². The van der Waals surface area contributed by atoms with Crippen LogP contribution in [-0.4, -0.2) is 31.9 Å². The number of ether oxygens (including phenoxy) is 2. The maximum absolute atomic E-state index is 13.6. The molecular formula is C32H27N3O5S. The minimum absolute atomic E-state index is 0.205. The lowest BCUT2D eigenvalue weighted by atomic mass is 10.1. The largest absolute Gasteiger partial charge is 0.497 e. The molecule has 5 rings (SSSR count). The molecule has 8 nitrogen and oxygen atoms in total. The Morgan fingerprint density at radius 3 is 2.12 bits per heavy atom. The Labute approximate surface area is 242 Å². The molecule has 0 fully saturated rings. The number of benzene rings is 4. The number of hydrogen-bond acceptors (Lipinski definition) is 7. The molecule has 0 bridgehead atoms. The molecule has 0 saturated carbocycles. The zero-order valence-electron chi connectivity index (χ0n) is 22.6. The molecule has 41 heavy (non-hydrogen) atoms. The summed E-state index contributed by atoms with van der Waals surface area (Å²) in [4.78, 5) is 42.1. The highest BCUT2D eigenvalue weighted by atomic mass is 32.2. The Hall–Kier alpha value is -5.02. The lowest BCUT2D eigenvalue weighted by Gasteiger charge is -2.15. The van der Waals surface area contributed by atoms with Gasteiger partial charge in [-0.3, -0.25) is 14.4 Å². The molecule has 1 aliphatic rings. The first-order valence-electron chi connectivity index (χ1n) is 12.7. The van der Waals surface area contributed by atoms with E-state index in [0.717, 1.165) is 10.5 Å². The van der Waals surface area contributed by atoms with E-state index in [-0.39, 0.29) is 16.5 Å². The number of thioether (sulfide) groups is 1. The van der Waals surface area contributed by atoms with E-state index < -0.39 is 11.8 Å². The Kier molecular flexibility index (Phi) is 8.07. The summed E-state index contributed by atoms with van der Waals surface area (Å²) >= 11 is 1.18. The molecule has 2 N–H and O–H groups in total. The van der Waals surface area contributed by atoms with Crippen LogP contribution in [0, 0.1) is 6.92 Å². The monoisotopic (exact) mass is 565 g/mol. The molecule has 206 valence electrons. The summed E-state index contributed by atoms with van der Waals surface area (Å²) in [5, 5.41) is 6.02. The Bertz CT molecular complexity index is 1630. The van der Waals surface area contributed by atoms with Crippen LogP contribution in [0.25, 0.3) is 0 Å². The topological polar surface area (TPSA) is 97.0 Å². The van der Waals surface area contributed by atoms with Crippen LogP contribution in [0.1, 0.15) is 15.9 Å². The van der Waals surface area contributed by atoms with Crippen LogP contribution in [0.2, 0.25) is 0 Å². The third kappa shape index (κ3) is 5.95. The van der Waals surface area contributed by atoms with Crippen molar-refractivity contribution in [3.8, 4) is 11.5 Å². The van der Waals surface area contributed by atoms with E-state index in [0.29, 0.717) is 34.1 Å². The minimum atomic E-state index is -0.429. The number of aryl methyl sites for hydroxylation is 1. The van der Waals surface area contributed by atoms with Crippen LogP contribution >= 0.6 is 11.8 Å². The van der Waals surface area contributed by atoms with E-state index >= 15 is 0 Å². The molecule has 4 aromatic rings. The number of methoxy groups -OCH3 is 2. The van der Waals surface area contributed by atoms with Crippen LogP contribution in [0.5, 0.6) is 11.5 Å². The van der Waals surface area contributed by atoms with Gasteiger partial charge in [0.2, 0.25) is 0 Å². The van der Waals surface area contributed by atoms with Crippen molar-refractivity contribution >= 4 is 46.5 Å². The number of para-hydroxylation sites is 1. The number of carbonyl (C=O) groups is 3. The summed E-state index contributed by atoms with van der Waals surface area (Å²) in [5.41, 5.74) is 3.40. The van der Waals surface area contributed by atoms with Gasteiger partial charge >= 0.3 is 0 Å². The van der Waals surface area contributed by atoms with Crippen LogP contribution in [0.3, 0.4) is 0 Å². The van der Waals surface area contributed by atoms with E-state index in [1.54, 1.807) is 73.8 Å². The SMILES string of the molecule is COc1ccc(C(=O)Nc2ccc(SC3=C(Nc4ccc(C)cc4)C(=O)N(c4ccccc4)C3=O)cc2)c(OC)c1. The van der Waals surface area contributed by atoms with Gasteiger partial charge in [-0.05, 0) is 67.6 Å². The quantitative estimate of drug-likeness (QED) is 0.232. The first-order chi connectivity index (χ1) is 19.9. The second kappa shape index (κ2) is 12.0. The van der Waals surface area contributed by atoms with Gasteiger partial charge in [-0.25, -0.2) is 4.90 Å². The van der Waals surface area contributed by atoms with Crippen LogP contribution in [0.4, 0.5) is 17.1 Å². The molecule has 0 aliphatic carbocycles. The zero-order valence-corrected chi connectivity index (χ0v) is 23.5. The van der Waals surface area contributed by atoms with Gasteiger partial charge in [0.25, 0.3) is 17.7 Å². The van der Waals surface area contributed by atoms with Crippen molar-refractivity contribution in [3.63, 3.8) is 0 Å². The summed E-state index contributed by atoms with van der Waals surface area (Å²) in [7, 11) is 3.03. The number of nitrogens with one attached hydrogen (secondary N) is 2. The maximum Gasteiger partial charge on any atom is 0.283 e. The number of nitrogens with zero attached hydrogens (tertiary/aromatic N) is 1. The van der Waals surface area contributed by atoms with Gasteiger partial charge in [0, 0.05) is 22.3 Å². The molecule has 0 atom stereocenters. The minimum Gasteiger partial charge on any atom is -0.497 e. The normalized spacial score (nSPS) is 12.9. The van der Waals surface area contributed by atoms with Gasteiger partial charge in [0.15, 0.2) is 0 Å². The fraction of sp³-hybridized carbons (Fsp3) is 0.0938. The molecule has 1 aliphatic heterocycles. The van der Waals surface area contributed by atoms with Crippen LogP contribution in [0.15, 0.2) is 113 Å². The van der Waals surface area contributed by atoms with E-state index in [1.165, 1.54) is 23.8 Å². The lowest BCUT2D eigenvalue weighted by Crippen LogP contribution is -2.32. The Morgan fingerprint density at radius 1 is 0.780 bits per heavy atom. The molecule has 1 heterocycles. The molecule has 9 heteroatoms. The lowest BCUT2D eigenvalue weighted by molar-refractivity contribution is -0.120. The Morgan fingerprint density at radius 2 is 1.46 bits per heavy atom. The molecular weight excluding hydrogens is 538 g/mol. The molecule has 4 aromatic carbocycles. The highest BCUT2D eigenvalue weighted by Gasteiger charge is 2.40. The van der Waals surface area contributed by atoms with Gasteiger partial charge in [0.05, 0.1) is 25.5 Å². The van der Waals surface area contributed by atoms with Crippen molar-refractivity contribution in [2.24, 2.45) is 0 Å². The van der Waals surface area contributed by atoms with Crippen molar-refractivity contribution in [2.75, 3.05) is 29.8 Å². The number of anilines is 3.